The second kappa shape index (κ2) is 7.16. The third kappa shape index (κ3) is 2.92. The number of carbonyl (C=O) groups excluding carboxylic acids is 1. The molecular weight excluding hydrogens is 386 g/mol. The van der Waals surface area contributed by atoms with Gasteiger partial charge in [-0.2, -0.15) is 0 Å². The van der Waals surface area contributed by atoms with Crippen LogP contribution in [0.2, 0.25) is 0 Å². The SMILES string of the molecule is CC1=C2C=C[C@H]3[C@@H](CC[C@@H]3c3ccc4ccncc4c3)[C@@H]2OC2=C1C(=O)CC(CO)C2. The van der Waals surface area contributed by atoms with E-state index in [1.165, 1.54) is 21.9 Å². The Morgan fingerprint density at radius 3 is 2.94 bits per heavy atom. The quantitative estimate of drug-likeness (QED) is 0.764. The number of benzene rings is 1. The molecule has 2 heterocycles. The predicted octanol–water partition coefficient (Wildman–Crippen LogP) is 4.86. The Kier molecular flexibility index (Phi) is 4.39. The second-order valence-electron chi connectivity index (χ2n) is 9.56. The minimum Gasteiger partial charge on any atom is -0.489 e. The molecule has 0 saturated heterocycles. The zero-order valence-corrected chi connectivity index (χ0v) is 17.8. The molecule has 6 rings (SSSR count). The van der Waals surface area contributed by atoms with Gasteiger partial charge in [-0.3, -0.25) is 9.78 Å². The summed E-state index contributed by atoms with van der Waals surface area (Å²) in [6.45, 7) is 2.11. The van der Waals surface area contributed by atoms with Crippen LogP contribution in [0.1, 0.15) is 44.1 Å². The molecule has 3 aliphatic carbocycles. The van der Waals surface area contributed by atoms with Crippen LogP contribution < -0.4 is 0 Å². The van der Waals surface area contributed by atoms with Crippen LogP contribution in [-0.2, 0) is 9.53 Å². The van der Waals surface area contributed by atoms with Crippen LogP contribution in [0.4, 0.5) is 0 Å². The molecule has 1 N–H and O–H groups in total. The van der Waals surface area contributed by atoms with Gasteiger partial charge < -0.3 is 9.84 Å². The third-order valence-corrected chi connectivity index (χ3v) is 7.90. The molecule has 1 unspecified atom stereocenters. The Morgan fingerprint density at radius 1 is 1.16 bits per heavy atom. The number of carbonyl (C=O) groups is 1. The van der Waals surface area contributed by atoms with Gasteiger partial charge >= 0.3 is 0 Å². The predicted molar refractivity (Wildman–Crippen MR) is 119 cm³/mol. The van der Waals surface area contributed by atoms with Crippen LogP contribution in [0, 0.1) is 17.8 Å². The van der Waals surface area contributed by atoms with Crippen molar-refractivity contribution in [3.63, 3.8) is 0 Å². The average molecular weight is 414 g/mol. The maximum absolute atomic E-state index is 12.7. The van der Waals surface area contributed by atoms with Crippen LogP contribution in [0.3, 0.4) is 0 Å². The Morgan fingerprint density at radius 2 is 2.06 bits per heavy atom. The van der Waals surface area contributed by atoms with E-state index in [9.17, 15) is 9.90 Å². The number of hydrogen-bond acceptors (Lipinski definition) is 4. The number of fused-ring (bicyclic) bond motifs is 4. The molecule has 4 nitrogen and oxygen atoms in total. The minimum atomic E-state index is -0.0157. The van der Waals surface area contributed by atoms with E-state index in [1.807, 2.05) is 12.4 Å². The lowest BCUT2D eigenvalue weighted by molar-refractivity contribution is -0.118. The van der Waals surface area contributed by atoms with Crippen molar-refractivity contribution < 1.29 is 14.6 Å². The van der Waals surface area contributed by atoms with Gasteiger partial charge in [0.2, 0.25) is 0 Å². The van der Waals surface area contributed by atoms with E-state index >= 15 is 0 Å². The van der Waals surface area contributed by atoms with E-state index in [2.05, 4.69) is 48.3 Å². The minimum absolute atomic E-state index is 0.0157. The second-order valence-corrected chi connectivity index (χ2v) is 9.56. The first kappa shape index (κ1) is 19.0. The number of ketones is 1. The van der Waals surface area contributed by atoms with Gasteiger partial charge in [-0.15, -0.1) is 0 Å². The van der Waals surface area contributed by atoms with E-state index in [1.54, 1.807) is 0 Å². The lowest BCUT2D eigenvalue weighted by Gasteiger charge is -2.41. The summed E-state index contributed by atoms with van der Waals surface area (Å²) in [5.41, 5.74) is 4.42. The van der Waals surface area contributed by atoms with Gasteiger partial charge in [-0.25, -0.2) is 0 Å². The first-order valence-corrected chi connectivity index (χ1v) is 11.4. The number of hydrogen-bond donors (Lipinski definition) is 1. The molecule has 1 saturated carbocycles. The molecule has 1 aromatic carbocycles. The summed E-state index contributed by atoms with van der Waals surface area (Å²) in [6.07, 6.45) is 11.7. The van der Waals surface area contributed by atoms with Crippen LogP contribution in [0.15, 0.2) is 71.3 Å². The number of allylic oxidation sites excluding steroid dienone is 4. The molecule has 4 heteroatoms. The molecule has 0 amide bonds. The lowest BCUT2D eigenvalue weighted by atomic mass is 9.72. The van der Waals surface area contributed by atoms with E-state index < -0.39 is 0 Å². The summed E-state index contributed by atoms with van der Waals surface area (Å²) in [5, 5.41) is 12.0. The summed E-state index contributed by atoms with van der Waals surface area (Å²) in [5.74, 6) is 2.25. The summed E-state index contributed by atoms with van der Waals surface area (Å²) in [4.78, 5) is 17.0. The first-order valence-electron chi connectivity index (χ1n) is 11.4. The number of aliphatic hydroxyl groups excluding tert-OH is 1. The highest BCUT2D eigenvalue weighted by atomic mass is 16.5. The normalized spacial score (nSPS) is 32.1. The first-order chi connectivity index (χ1) is 15.1. The molecular formula is C27H27NO3. The number of aromatic nitrogens is 1. The smallest absolute Gasteiger partial charge is 0.166 e. The van der Waals surface area contributed by atoms with Gasteiger partial charge in [0.25, 0.3) is 0 Å². The molecule has 1 aromatic heterocycles. The van der Waals surface area contributed by atoms with Gasteiger partial charge in [-0.05, 0) is 71.7 Å². The largest absolute Gasteiger partial charge is 0.489 e. The van der Waals surface area contributed by atoms with Crippen LogP contribution >= 0.6 is 0 Å². The zero-order valence-electron chi connectivity index (χ0n) is 17.8. The molecule has 2 aromatic rings. The Labute approximate surface area is 182 Å². The molecule has 4 aliphatic rings. The molecule has 0 radical (unpaired) electrons. The van der Waals surface area contributed by atoms with Crippen LogP contribution in [0.25, 0.3) is 10.8 Å². The summed E-state index contributed by atoms with van der Waals surface area (Å²) in [6, 6.07) is 8.84. The van der Waals surface area contributed by atoms with Crippen molar-refractivity contribution in [2.75, 3.05) is 6.61 Å². The van der Waals surface area contributed by atoms with Gasteiger partial charge in [0, 0.05) is 43.1 Å². The molecule has 0 bridgehead atoms. The number of pyridine rings is 1. The molecule has 158 valence electrons. The van der Waals surface area contributed by atoms with Gasteiger partial charge in [-0.1, -0.05) is 24.3 Å². The Bertz CT molecular complexity index is 1170. The lowest BCUT2D eigenvalue weighted by Crippen LogP contribution is -2.38. The number of Topliss-reactive ketones (excluding diaryl/α,β-unsaturated/α-hetero) is 1. The number of aliphatic hydroxyl groups is 1. The van der Waals surface area contributed by atoms with Crippen molar-refractivity contribution in [3.8, 4) is 0 Å². The van der Waals surface area contributed by atoms with Crippen molar-refractivity contribution in [2.24, 2.45) is 17.8 Å². The van der Waals surface area contributed by atoms with E-state index in [4.69, 9.17) is 4.74 Å². The Hall–Kier alpha value is -2.72. The van der Waals surface area contributed by atoms with Crippen molar-refractivity contribution >= 4 is 16.6 Å². The molecule has 0 spiro atoms. The Balaban J connectivity index is 1.34. The average Bonchev–Trinajstić information content (AvgIpc) is 3.23. The van der Waals surface area contributed by atoms with Crippen molar-refractivity contribution in [1.82, 2.24) is 4.98 Å². The number of ether oxygens (including phenoxy) is 1. The summed E-state index contributed by atoms with van der Waals surface area (Å²) < 4.78 is 6.56. The monoisotopic (exact) mass is 413 g/mol. The van der Waals surface area contributed by atoms with Gasteiger partial charge in [0.1, 0.15) is 11.9 Å². The molecule has 1 fully saturated rings. The van der Waals surface area contributed by atoms with Gasteiger partial charge in [0.05, 0.1) is 5.57 Å². The van der Waals surface area contributed by atoms with Gasteiger partial charge in [0.15, 0.2) is 5.78 Å². The number of rotatable bonds is 2. The highest BCUT2D eigenvalue weighted by molar-refractivity contribution is 6.01. The van der Waals surface area contributed by atoms with E-state index in [-0.39, 0.29) is 24.4 Å². The van der Waals surface area contributed by atoms with E-state index in [0.29, 0.717) is 30.6 Å². The highest BCUT2D eigenvalue weighted by Gasteiger charge is 2.47. The maximum Gasteiger partial charge on any atom is 0.166 e. The topological polar surface area (TPSA) is 59.4 Å². The molecule has 5 atom stereocenters. The van der Waals surface area contributed by atoms with Crippen LogP contribution in [0.5, 0.6) is 0 Å². The zero-order chi connectivity index (χ0) is 21.1. The highest BCUT2D eigenvalue weighted by Crippen LogP contribution is 2.53. The van der Waals surface area contributed by atoms with Crippen molar-refractivity contribution in [3.05, 3.63) is 76.9 Å². The molecule has 31 heavy (non-hydrogen) atoms. The maximum atomic E-state index is 12.7. The van der Waals surface area contributed by atoms with Crippen LogP contribution in [-0.4, -0.2) is 28.6 Å². The van der Waals surface area contributed by atoms with Crippen molar-refractivity contribution in [1.29, 1.82) is 0 Å². The third-order valence-electron chi connectivity index (χ3n) is 7.90. The fourth-order valence-electron chi connectivity index (χ4n) is 6.35. The van der Waals surface area contributed by atoms with Crippen molar-refractivity contribution in [2.45, 2.75) is 44.6 Å². The number of nitrogens with zero attached hydrogens (tertiary/aromatic N) is 1. The van der Waals surface area contributed by atoms with E-state index in [0.717, 1.165) is 29.7 Å². The fourth-order valence-corrected chi connectivity index (χ4v) is 6.35. The summed E-state index contributed by atoms with van der Waals surface area (Å²) in [7, 11) is 0. The summed E-state index contributed by atoms with van der Waals surface area (Å²) >= 11 is 0. The standard InChI is InChI=1S/C27H27NO3/c1-15-20-4-6-22-21(18-3-2-17-8-9-28-13-19(17)12-18)5-7-23(22)27(20)31-25-11-16(14-29)10-24(30)26(15)25/h2-4,6,8-9,12-13,16,21-23,27,29H,5,7,10-11,14H2,1H3/t16?,21-,22-,23-,27-/m1/s1. The fraction of sp³-hybridized carbons (Fsp3) is 0.407. The molecule has 1 aliphatic heterocycles.